The standard InChI is InChI=1S/C31H38N2O6/c1-4-17-32(23-14-13-21-11-7-8-12-22(21)20-23)28(36)26-31-16-15-30(3,39-31)25(29(37)38-5-2)24(31)27(35)33(26)18-9-6-10-19-34/h4,7-8,11-14,20,24-26,34H,1,5-6,9-10,15-19H2,2-3H3/t24-,25-,26?,30+,31?/m0/s1. The fourth-order valence-electron chi connectivity index (χ4n) is 7.05. The minimum atomic E-state index is -1.10. The first-order valence-electron chi connectivity index (χ1n) is 14.0. The Hall–Kier alpha value is -3.23. The Kier molecular flexibility index (Phi) is 7.53. The lowest BCUT2D eigenvalue weighted by molar-refractivity contribution is -0.159. The summed E-state index contributed by atoms with van der Waals surface area (Å²) in [5.74, 6) is -2.44. The Bertz CT molecular complexity index is 1280. The van der Waals surface area contributed by atoms with Crippen LogP contribution in [0.1, 0.15) is 46.0 Å². The van der Waals surface area contributed by atoms with E-state index in [9.17, 15) is 19.5 Å². The second kappa shape index (κ2) is 10.7. The number of unbranched alkanes of at least 4 members (excludes halogenated alkanes) is 2. The van der Waals surface area contributed by atoms with Crippen molar-refractivity contribution in [1.82, 2.24) is 4.90 Å². The number of benzene rings is 2. The van der Waals surface area contributed by atoms with E-state index >= 15 is 0 Å². The van der Waals surface area contributed by atoms with Gasteiger partial charge in [-0.25, -0.2) is 0 Å². The summed E-state index contributed by atoms with van der Waals surface area (Å²) in [6.07, 6.45) is 4.74. The number of anilines is 1. The molecule has 1 spiro atoms. The molecule has 0 radical (unpaired) electrons. The molecule has 3 fully saturated rings. The molecule has 8 heteroatoms. The molecule has 1 N–H and O–H groups in total. The van der Waals surface area contributed by atoms with Crippen LogP contribution in [-0.4, -0.2) is 71.3 Å². The molecule has 2 bridgehead atoms. The van der Waals surface area contributed by atoms with Crippen molar-refractivity contribution in [2.24, 2.45) is 11.8 Å². The topological polar surface area (TPSA) is 96.4 Å². The number of fused-ring (bicyclic) bond motifs is 2. The molecule has 208 valence electrons. The number of aliphatic hydroxyl groups excluding tert-OH is 1. The molecule has 3 aliphatic heterocycles. The second-order valence-corrected chi connectivity index (χ2v) is 11.1. The average Bonchev–Trinajstić information content (AvgIpc) is 3.50. The molecule has 5 atom stereocenters. The van der Waals surface area contributed by atoms with Crippen LogP contribution in [0.4, 0.5) is 5.69 Å². The summed E-state index contributed by atoms with van der Waals surface area (Å²) < 4.78 is 12.1. The van der Waals surface area contributed by atoms with Gasteiger partial charge in [-0.2, -0.15) is 0 Å². The van der Waals surface area contributed by atoms with Gasteiger partial charge in [-0.1, -0.05) is 36.4 Å². The Balaban J connectivity index is 1.56. The molecule has 0 aliphatic carbocycles. The highest BCUT2D eigenvalue weighted by Gasteiger charge is 2.78. The predicted octanol–water partition coefficient (Wildman–Crippen LogP) is 3.85. The van der Waals surface area contributed by atoms with Gasteiger partial charge in [-0.3, -0.25) is 14.4 Å². The van der Waals surface area contributed by atoms with E-state index in [0.717, 1.165) is 17.2 Å². The molecule has 2 aromatic carbocycles. The van der Waals surface area contributed by atoms with Crippen molar-refractivity contribution in [3.63, 3.8) is 0 Å². The molecular weight excluding hydrogens is 496 g/mol. The summed E-state index contributed by atoms with van der Waals surface area (Å²) in [4.78, 5) is 45.2. The van der Waals surface area contributed by atoms with Gasteiger partial charge in [0.2, 0.25) is 5.91 Å². The molecule has 3 heterocycles. The SMILES string of the molecule is C=CCN(C(=O)C1N(CCCCCO)C(=O)[C@@H]2[C@@H](C(=O)OCC)[C@@]3(C)CCC12O3)c1ccc2ccccc2c1. The number of esters is 1. The van der Waals surface area contributed by atoms with E-state index in [1.807, 2.05) is 49.4 Å². The maximum absolute atomic E-state index is 14.6. The molecule has 2 amide bonds. The van der Waals surface area contributed by atoms with E-state index in [1.54, 1.807) is 22.8 Å². The molecule has 8 nitrogen and oxygen atoms in total. The van der Waals surface area contributed by atoms with E-state index in [-0.39, 0.29) is 31.6 Å². The van der Waals surface area contributed by atoms with E-state index in [4.69, 9.17) is 9.47 Å². The zero-order valence-electron chi connectivity index (χ0n) is 22.8. The van der Waals surface area contributed by atoms with Crippen molar-refractivity contribution in [3.05, 3.63) is 55.1 Å². The zero-order chi connectivity index (χ0) is 27.8. The van der Waals surface area contributed by atoms with Crippen molar-refractivity contribution in [3.8, 4) is 0 Å². The van der Waals surface area contributed by atoms with Crippen LogP contribution < -0.4 is 4.90 Å². The monoisotopic (exact) mass is 534 g/mol. The zero-order valence-corrected chi connectivity index (χ0v) is 22.8. The quantitative estimate of drug-likeness (QED) is 0.267. The largest absolute Gasteiger partial charge is 0.466 e. The maximum atomic E-state index is 14.6. The number of ether oxygens (including phenoxy) is 2. The molecule has 0 aromatic heterocycles. The Labute approximate surface area is 229 Å². The van der Waals surface area contributed by atoms with Gasteiger partial charge in [0.25, 0.3) is 5.91 Å². The van der Waals surface area contributed by atoms with Crippen molar-refractivity contribution >= 4 is 34.2 Å². The predicted molar refractivity (Wildman–Crippen MR) is 148 cm³/mol. The van der Waals surface area contributed by atoms with Crippen LogP contribution >= 0.6 is 0 Å². The molecule has 2 aromatic rings. The van der Waals surface area contributed by atoms with Crippen molar-refractivity contribution in [1.29, 1.82) is 0 Å². The number of rotatable bonds is 11. The molecular formula is C31H38N2O6. The lowest BCUT2D eigenvalue weighted by Gasteiger charge is -2.37. The minimum absolute atomic E-state index is 0.0738. The molecule has 3 aliphatic rings. The lowest BCUT2D eigenvalue weighted by Crippen LogP contribution is -2.56. The van der Waals surface area contributed by atoms with Crippen molar-refractivity contribution < 1.29 is 29.0 Å². The van der Waals surface area contributed by atoms with E-state index in [2.05, 4.69) is 6.58 Å². The average molecular weight is 535 g/mol. The smallest absolute Gasteiger partial charge is 0.312 e. The third-order valence-electron chi connectivity index (χ3n) is 8.73. The van der Waals surface area contributed by atoms with Gasteiger partial charge in [-0.05, 0) is 68.9 Å². The molecule has 39 heavy (non-hydrogen) atoms. The first-order valence-corrected chi connectivity index (χ1v) is 14.0. The highest BCUT2D eigenvalue weighted by molar-refractivity contribution is 6.05. The normalized spacial score (nSPS) is 29.1. The van der Waals surface area contributed by atoms with Gasteiger partial charge in [0, 0.05) is 25.4 Å². The number of likely N-dealkylation sites (tertiary alicyclic amines) is 1. The maximum Gasteiger partial charge on any atom is 0.312 e. The van der Waals surface area contributed by atoms with Crippen molar-refractivity contribution in [2.75, 3.05) is 31.2 Å². The summed E-state index contributed by atoms with van der Waals surface area (Å²) in [7, 11) is 0. The number of aliphatic hydroxyl groups is 1. The number of nitrogens with zero attached hydrogens (tertiary/aromatic N) is 2. The van der Waals surface area contributed by atoms with Crippen molar-refractivity contribution in [2.45, 2.75) is 63.2 Å². The van der Waals surface area contributed by atoms with Gasteiger partial charge < -0.3 is 24.4 Å². The molecule has 5 rings (SSSR count). The lowest BCUT2D eigenvalue weighted by atomic mass is 9.66. The van der Waals surface area contributed by atoms with E-state index in [1.165, 1.54) is 0 Å². The Morgan fingerprint density at radius 1 is 1.18 bits per heavy atom. The van der Waals surface area contributed by atoms with E-state index < -0.39 is 35.0 Å². The second-order valence-electron chi connectivity index (χ2n) is 11.1. The summed E-state index contributed by atoms with van der Waals surface area (Å²) in [5, 5.41) is 11.3. The fourth-order valence-corrected chi connectivity index (χ4v) is 7.05. The van der Waals surface area contributed by atoms with Crippen LogP contribution in [0.5, 0.6) is 0 Å². The van der Waals surface area contributed by atoms with Crippen LogP contribution in [0.3, 0.4) is 0 Å². The Morgan fingerprint density at radius 3 is 2.67 bits per heavy atom. The third-order valence-corrected chi connectivity index (χ3v) is 8.73. The number of amides is 2. The van der Waals surface area contributed by atoms with Crippen LogP contribution in [0.15, 0.2) is 55.1 Å². The van der Waals surface area contributed by atoms with Crippen LogP contribution in [0.25, 0.3) is 10.8 Å². The number of hydrogen-bond donors (Lipinski definition) is 1. The van der Waals surface area contributed by atoms with Gasteiger partial charge >= 0.3 is 5.97 Å². The summed E-state index contributed by atoms with van der Waals surface area (Å²) in [6, 6.07) is 13.0. The van der Waals surface area contributed by atoms with Gasteiger partial charge in [-0.15, -0.1) is 6.58 Å². The highest BCUT2D eigenvalue weighted by Crippen LogP contribution is 2.63. The van der Waals surface area contributed by atoms with E-state index in [0.29, 0.717) is 37.9 Å². The highest BCUT2D eigenvalue weighted by atomic mass is 16.6. The third kappa shape index (κ3) is 4.43. The first kappa shape index (κ1) is 27.3. The van der Waals surface area contributed by atoms with Gasteiger partial charge in [0.1, 0.15) is 17.6 Å². The first-order chi connectivity index (χ1) is 18.8. The summed E-state index contributed by atoms with van der Waals surface area (Å²) in [5.41, 5.74) is -1.25. The molecule has 0 saturated carbocycles. The summed E-state index contributed by atoms with van der Waals surface area (Å²) in [6.45, 7) is 8.40. The van der Waals surface area contributed by atoms with Gasteiger partial charge in [0.05, 0.1) is 18.1 Å². The van der Waals surface area contributed by atoms with Gasteiger partial charge in [0.15, 0.2) is 0 Å². The number of hydrogen-bond acceptors (Lipinski definition) is 6. The Morgan fingerprint density at radius 2 is 1.95 bits per heavy atom. The molecule has 2 unspecified atom stereocenters. The number of carbonyl (C=O) groups excluding carboxylic acids is 3. The number of carbonyl (C=O) groups is 3. The minimum Gasteiger partial charge on any atom is -0.466 e. The van der Waals surface area contributed by atoms with Crippen LogP contribution in [-0.2, 0) is 23.9 Å². The summed E-state index contributed by atoms with van der Waals surface area (Å²) >= 11 is 0. The van der Waals surface area contributed by atoms with Crippen LogP contribution in [0, 0.1) is 11.8 Å². The fraction of sp³-hybridized carbons (Fsp3) is 0.516. The molecule has 3 saturated heterocycles. The van der Waals surface area contributed by atoms with Crippen LogP contribution in [0.2, 0.25) is 0 Å².